The summed E-state index contributed by atoms with van der Waals surface area (Å²) < 4.78 is 37.6. The minimum absolute atomic E-state index is 0.0137. The molecule has 0 radical (unpaired) electrons. The summed E-state index contributed by atoms with van der Waals surface area (Å²) in [6.45, 7) is 0. The summed E-state index contributed by atoms with van der Waals surface area (Å²) >= 11 is 0. The first-order valence-corrected chi connectivity index (χ1v) is 7.86. The molecule has 5 nitrogen and oxygen atoms in total. The molecule has 0 aliphatic rings. The Bertz CT molecular complexity index is 854. The van der Waals surface area contributed by atoms with Crippen LogP contribution in [-0.4, -0.2) is 23.0 Å². The number of benzene rings is 2. The standard InChI is InChI=1S/C19H15F3N2O3/c20-19(21,22)15-7-5-13(6-8-15)10-17(25)24-16(18(26)27)9-12-1-3-14(11-23)4-2-12/h1-8,16H,9-10H2,(H,24,25)(H,26,27)/t16-/m1/s1. The van der Waals surface area contributed by atoms with Crippen LogP contribution in [0.4, 0.5) is 13.2 Å². The van der Waals surface area contributed by atoms with E-state index >= 15 is 0 Å². The zero-order chi connectivity index (χ0) is 20.0. The third kappa shape index (κ3) is 5.85. The van der Waals surface area contributed by atoms with E-state index in [2.05, 4.69) is 5.32 Å². The number of nitrogens with one attached hydrogen (secondary N) is 1. The number of nitrogens with zero attached hydrogens (tertiary/aromatic N) is 1. The van der Waals surface area contributed by atoms with Crippen molar-refractivity contribution in [2.24, 2.45) is 0 Å². The molecule has 2 aromatic rings. The molecular weight excluding hydrogens is 361 g/mol. The van der Waals surface area contributed by atoms with Gasteiger partial charge in [-0.05, 0) is 35.4 Å². The third-order valence-electron chi connectivity index (χ3n) is 3.80. The average Bonchev–Trinajstić information content (AvgIpc) is 2.61. The predicted octanol–water partition coefficient (Wildman–Crippen LogP) is 2.93. The fourth-order valence-corrected chi connectivity index (χ4v) is 2.39. The first-order valence-electron chi connectivity index (χ1n) is 7.86. The molecule has 1 atom stereocenters. The lowest BCUT2D eigenvalue weighted by Crippen LogP contribution is -2.43. The third-order valence-corrected chi connectivity index (χ3v) is 3.80. The van der Waals surface area contributed by atoms with Gasteiger partial charge in [0.15, 0.2) is 0 Å². The molecule has 8 heteroatoms. The molecule has 2 rings (SSSR count). The van der Waals surface area contributed by atoms with Gasteiger partial charge in [-0.2, -0.15) is 18.4 Å². The number of alkyl halides is 3. The molecule has 0 aromatic heterocycles. The van der Waals surface area contributed by atoms with Gasteiger partial charge in [-0.25, -0.2) is 4.79 Å². The number of halogens is 3. The molecular formula is C19H15F3N2O3. The number of carboxylic acids is 1. The Morgan fingerprint density at radius 2 is 1.59 bits per heavy atom. The van der Waals surface area contributed by atoms with E-state index in [-0.39, 0.29) is 12.8 Å². The van der Waals surface area contributed by atoms with Gasteiger partial charge in [0.2, 0.25) is 5.91 Å². The van der Waals surface area contributed by atoms with Gasteiger partial charge >= 0.3 is 12.1 Å². The molecule has 0 bridgehead atoms. The van der Waals surface area contributed by atoms with E-state index in [1.54, 1.807) is 12.1 Å². The highest BCUT2D eigenvalue weighted by Crippen LogP contribution is 2.29. The van der Waals surface area contributed by atoms with Gasteiger partial charge in [-0.1, -0.05) is 24.3 Å². The first-order chi connectivity index (χ1) is 12.7. The number of nitriles is 1. The van der Waals surface area contributed by atoms with E-state index in [0.29, 0.717) is 16.7 Å². The van der Waals surface area contributed by atoms with Crippen molar-refractivity contribution >= 4 is 11.9 Å². The molecule has 2 aromatic carbocycles. The number of hydrogen-bond donors (Lipinski definition) is 2. The van der Waals surface area contributed by atoms with Crippen LogP contribution in [0.25, 0.3) is 0 Å². The molecule has 27 heavy (non-hydrogen) atoms. The van der Waals surface area contributed by atoms with Gasteiger partial charge in [-0.15, -0.1) is 0 Å². The maximum Gasteiger partial charge on any atom is 0.416 e. The van der Waals surface area contributed by atoms with E-state index in [0.717, 1.165) is 12.1 Å². The number of hydrogen-bond acceptors (Lipinski definition) is 3. The van der Waals surface area contributed by atoms with Gasteiger partial charge in [0.05, 0.1) is 23.6 Å². The molecule has 0 aliphatic carbocycles. The largest absolute Gasteiger partial charge is 0.480 e. The smallest absolute Gasteiger partial charge is 0.416 e. The number of aliphatic carboxylic acids is 1. The van der Waals surface area contributed by atoms with Crippen LogP contribution in [-0.2, 0) is 28.6 Å². The van der Waals surface area contributed by atoms with E-state index in [4.69, 9.17) is 5.26 Å². The van der Waals surface area contributed by atoms with Crippen LogP contribution in [0.3, 0.4) is 0 Å². The Hall–Kier alpha value is -3.34. The van der Waals surface area contributed by atoms with Crippen LogP contribution < -0.4 is 5.32 Å². The molecule has 0 saturated carbocycles. The Labute approximate surface area is 153 Å². The number of rotatable bonds is 6. The minimum Gasteiger partial charge on any atom is -0.480 e. The van der Waals surface area contributed by atoms with Crippen LogP contribution in [0.1, 0.15) is 22.3 Å². The zero-order valence-corrected chi connectivity index (χ0v) is 14.0. The summed E-state index contributed by atoms with van der Waals surface area (Å²) in [7, 11) is 0. The molecule has 140 valence electrons. The summed E-state index contributed by atoms with van der Waals surface area (Å²) in [4.78, 5) is 23.4. The molecule has 2 N–H and O–H groups in total. The molecule has 0 unspecified atom stereocenters. The Balaban J connectivity index is 2.00. The Morgan fingerprint density at radius 1 is 1.04 bits per heavy atom. The summed E-state index contributed by atoms with van der Waals surface area (Å²) in [6, 6.07) is 11.1. The normalized spacial score (nSPS) is 12.1. The second-order valence-corrected chi connectivity index (χ2v) is 5.84. The highest BCUT2D eigenvalue weighted by molar-refractivity contribution is 5.85. The van der Waals surface area contributed by atoms with E-state index < -0.39 is 29.7 Å². The first kappa shape index (κ1) is 20.0. The fourth-order valence-electron chi connectivity index (χ4n) is 2.39. The van der Waals surface area contributed by atoms with Crippen molar-refractivity contribution in [2.45, 2.75) is 25.1 Å². The van der Waals surface area contributed by atoms with Gasteiger partial charge in [0.1, 0.15) is 6.04 Å². The molecule has 0 spiro atoms. The number of amides is 1. The summed E-state index contributed by atoms with van der Waals surface area (Å²) in [6.07, 6.45) is -4.69. The van der Waals surface area contributed by atoms with Crippen molar-refractivity contribution in [3.05, 3.63) is 70.8 Å². The second kappa shape index (κ2) is 8.36. The van der Waals surface area contributed by atoms with Crippen molar-refractivity contribution < 1.29 is 27.9 Å². The zero-order valence-electron chi connectivity index (χ0n) is 14.0. The molecule has 0 saturated heterocycles. The maximum absolute atomic E-state index is 12.5. The van der Waals surface area contributed by atoms with Crippen molar-refractivity contribution in [3.8, 4) is 6.07 Å². The van der Waals surface area contributed by atoms with Gasteiger partial charge in [0, 0.05) is 6.42 Å². The van der Waals surface area contributed by atoms with Crippen LogP contribution in [0.15, 0.2) is 48.5 Å². The van der Waals surface area contributed by atoms with Gasteiger partial charge < -0.3 is 10.4 Å². The van der Waals surface area contributed by atoms with E-state index in [1.807, 2.05) is 6.07 Å². The van der Waals surface area contributed by atoms with Crippen molar-refractivity contribution in [1.29, 1.82) is 5.26 Å². The quantitative estimate of drug-likeness (QED) is 0.811. The van der Waals surface area contributed by atoms with Crippen molar-refractivity contribution in [3.63, 3.8) is 0 Å². The van der Waals surface area contributed by atoms with Crippen LogP contribution >= 0.6 is 0 Å². The topological polar surface area (TPSA) is 90.2 Å². The SMILES string of the molecule is N#Cc1ccc(C[C@@H](NC(=O)Cc2ccc(C(F)(F)F)cc2)C(=O)O)cc1. The molecule has 0 aliphatic heterocycles. The van der Waals surface area contributed by atoms with Gasteiger partial charge in [0.25, 0.3) is 0 Å². The Kier molecular flexibility index (Phi) is 6.19. The van der Waals surface area contributed by atoms with Crippen LogP contribution in [0.2, 0.25) is 0 Å². The predicted molar refractivity (Wildman–Crippen MR) is 89.6 cm³/mol. The van der Waals surface area contributed by atoms with E-state index in [1.165, 1.54) is 24.3 Å². The van der Waals surface area contributed by atoms with Crippen LogP contribution in [0, 0.1) is 11.3 Å². The lowest BCUT2D eigenvalue weighted by Gasteiger charge is -2.15. The maximum atomic E-state index is 12.5. The number of carbonyl (C=O) groups is 2. The van der Waals surface area contributed by atoms with Crippen molar-refractivity contribution in [1.82, 2.24) is 5.32 Å². The number of carbonyl (C=O) groups excluding carboxylic acids is 1. The summed E-state index contributed by atoms with van der Waals surface area (Å²) in [5, 5.41) is 20.4. The molecule has 0 fully saturated rings. The minimum atomic E-state index is -4.46. The highest BCUT2D eigenvalue weighted by Gasteiger charge is 2.30. The molecule has 0 heterocycles. The summed E-state index contributed by atoms with van der Waals surface area (Å²) in [5.41, 5.74) is 0.562. The monoisotopic (exact) mass is 376 g/mol. The molecule has 1 amide bonds. The average molecular weight is 376 g/mol. The lowest BCUT2D eigenvalue weighted by atomic mass is 10.0. The summed E-state index contributed by atoms with van der Waals surface area (Å²) in [5.74, 6) is -1.85. The second-order valence-electron chi connectivity index (χ2n) is 5.84. The fraction of sp³-hybridized carbons (Fsp3) is 0.211. The van der Waals surface area contributed by atoms with Crippen LogP contribution in [0.5, 0.6) is 0 Å². The van der Waals surface area contributed by atoms with Crippen molar-refractivity contribution in [2.75, 3.05) is 0 Å². The highest BCUT2D eigenvalue weighted by atomic mass is 19.4. The lowest BCUT2D eigenvalue weighted by molar-refractivity contribution is -0.141. The number of carboxylic acid groups (broad SMARTS) is 1. The Morgan fingerprint density at radius 3 is 2.07 bits per heavy atom. The van der Waals surface area contributed by atoms with E-state index in [9.17, 15) is 27.9 Å². The van der Waals surface area contributed by atoms with Gasteiger partial charge in [-0.3, -0.25) is 4.79 Å².